The molecule has 5 atom stereocenters. The second-order valence-corrected chi connectivity index (χ2v) is 9.04. The topological polar surface area (TPSA) is 115 Å². The molecule has 2 fully saturated rings. The third-order valence-electron chi connectivity index (χ3n) is 6.43. The van der Waals surface area contributed by atoms with E-state index in [1.807, 2.05) is 12.1 Å². The molecule has 0 radical (unpaired) electrons. The summed E-state index contributed by atoms with van der Waals surface area (Å²) in [4.78, 5) is 11.7. The van der Waals surface area contributed by atoms with E-state index in [9.17, 15) is 20.1 Å². The molecule has 0 saturated carbocycles. The first-order chi connectivity index (χ1) is 16.2. The Morgan fingerprint density at radius 2 is 1.76 bits per heavy atom. The summed E-state index contributed by atoms with van der Waals surface area (Å²) in [5.41, 5.74) is 1.90. The van der Waals surface area contributed by atoms with Crippen LogP contribution < -0.4 is 0 Å². The molecule has 0 aromatic heterocycles. The second kappa shape index (κ2) is 9.81. The largest absolute Gasteiger partial charge is 0.508 e. The molecule has 5 unspecified atom stereocenters. The highest BCUT2D eigenvalue weighted by molar-refractivity contribution is 6.31. The van der Waals surface area contributed by atoms with Crippen LogP contribution in [0.4, 0.5) is 4.79 Å². The van der Waals surface area contributed by atoms with Crippen LogP contribution in [0.25, 0.3) is 0 Å². The van der Waals surface area contributed by atoms with E-state index in [1.54, 1.807) is 25.1 Å². The minimum Gasteiger partial charge on any atom is -0.435 e. The van der Waals surface area contributed by atoms with Crippen LogP contribution in [0.2, 0.25) is 5.02 Å². The zero-order valence-corrected chi connectivity index (χ0v) is 19.8. The van der Waals surface area contributed by atoms with Crippen molar-refractivity contribution in [3.05, 3.63) is 69.7 Å². The highest BCUT2D eigenvalue weighted by Gasteiger charge is 2.67. The van der Waals surface area contributed by atoms with E-state index in [0.717, 1.165) is 17.5 Å². The summed E-state index contributed by atoms with van der Waals surface area (Å²) < 4.78 is 21.8. The summed E-state index contributed by atoms with van der Waals surface area (Å²) in [6, 6.07) is 13.3. The van der Waals surface area contributed by atoms with Crippen LogP contribution >= 0.6 is 11.6 Å². The summed E-state index contributed by atoms with van der Waals surface area (Å²) in [6.45, 7) is 3.19. The summed E-state index contributed by atoms with van der Waals surface area (Å²) in [6.07, 6.45) is -4.22. The van der Waals surface area contributed by atoms with Crippen LogP contribution in [0.3, 0.4) is 0 Å². The van der Waals surface area contributed by atoms with Gasteiger partial charge in [0.1, 0.15) is 24.9 Å². The van der Waals surface area contributed by atoms with Crippen molar-refractivity contribution in [2.75, 3.05) is 19.8 Å². The maximum Gasteiger partial charge on any atom is 0.508 e. The molecule has 0 spiro atoms. The van der Waals surface area contributed by atoms with Gasteiger partial charge in [0.2, 0.25) is 5.79 Å². The Balaban J connectivity index is 1.63. The third kappa shape index (κ3) is 4.42. The third-order valence-corrected chi connectivity index (χ3v) is 6.80. The lowest BCUT2D eigenvalue weighted by Crippen LogP contribution is -2.65. The molecule has 2 aliphatic rings. The molecular formula is C25H29ClO8. The molecule has 2 heterocycles. The number of aliphatic hydroxyl groups is 3. The number of hydrogen-bond donors (Lipinski definition) is 3. The van der Waals surface area contributed by atoms with Gasteiger partial charge >= 0.3 is 6.16 Å². The molecule has 2 saturated heterocycles. The average Bonchev–Trinajstić information content (AvgIpc) is 3.22. The maximum atomic E-state index is 11.7. The van der Waals surface area contributed by atoms with Gasteiger partial charge in [-0.2, -0.15) is 0 Å². The van der Waals surface area contributed by atoms with E-state index in [-0.39, 0.29) is 13.2 Å². The first-order valence-electron chi connectivity index (χ1n) is 11.3. The molecule has 0 aliphatic carbocycles. The molecule has 2 aliphatic heterocycles. The van der Waals surface area contributed by atoms with Crippen LogP contribution in [-0.4, -0.2) is 65.2 Å². The number of rotatable bonds is 7. The summed E-state index contributed by atoms with van der Waals surface area (Å²) in [5, 5.41) is 32.7. The minimum absolute atomic E-state index is 0.117. The van der Waals surface area contributed by atoms with Crippen LogP contribution in [0.15, 0.2) is 42.5 Å². The molecular weight excluding hydrogens is 464 g/mol. The van der Waals surface area contributed by atoms with Crippen molar-refractivity contribution in [3.8, 4) is 0 Å². The molecule has 2 bridgehead atoms. The van der Waals surface area contributed by atoms with Crippen molar-refractivity contribution in [3.63, 3.8) is 0 Å². The Morgan fingerprint density at radius 1 is 1.06 bits per heavy atom. The number of carbonyl (C=O) groups is 1. The lowest BCUT2D eigenvalue weighted by atomic mass is 9.83. The average molecular weight is 493 g/mol. The zero-order chi connectivity index (χ0) is 24.5. The van der Waals surface area contributed by atoms with E-state index in [2.05, 4.69) is 19.1 Å². The van der Waals surface area contributed by atoms with E-state index in [0.29, 0.717) is 17.0 Å². The van der Waals surface area contributed by atoms with Crippen molar-refractivity contribution in [1.29, 1.82) is 0 Å². The predicted octanol–water partition coefficient (Wildman–Crippen LogP) is 2.70. The number of carbonyl (C=O) groups excluding carboxylic acids is 1. The van der Waals surface area contributed by atoms with Crippen molar-refractivity contribution < 1.29 is 39.1 Å². The van der Waals surface area contributed by atoms with Crippen LogP contribution in [0, 0.1) is 0 Å². The molecule has 3 N–H and O–H groups in total. The van der Waals surface area contributed by atoms with E-state index in [1.165, 1.54) is 5.56 Å². The van der Waals surface area contributed by atoms with Crippen LogP contribution in [-0.2, 0) is 37.6 Å². The molecule has 4 rings (SSSR count). The Kier molecular flexibility index (Phi) is 7.19. The van der Waals surface area contributed by atoms with Gasteiger partial charge in [-0.15, -0.1) is 0 Å². The molecule has 0 amide bonds. The fourth-order valence-corrected chi connectivity index (χ4v) is 4.62. The van der Waals surface area contributed by atoms with Crippen molar-refractivity contribution in [2.45, 2.75) is 56.4 Å². The van der Waals surface area contributed by atoms with Crippen molar-refractivity contribution in [1.82, 2.24) is 0 Å². The fraction of sp³-hybridized carbons (Fsp3) is 0.480. The number of benzene rings is 2. The Hall–Kier alpha value is -2.20. The van der Waals surface area contributed by atoms with Gasteiger partial charge in [-0.1, -0.05) is 48.9 Å². The maximum absolute atomic E-state index is 11.7. The second-order valence-electron chi connectivity index (χ2n) is 8.63. The van der Waals surface area contributed by atoms with Gasteiger partial charge in [0, 0.05) is 10.6 Å². The van der Waals surface area contributed by atoms with Gasteiger partial charge in [-0.05, 0) is 48.6 Å². The molecule has 2 aromatic rings. The van der Waals surface area contributed by atoms with E-state index >= 15 is 0 Å². The monoisotopic (exact) mass is 492 g/mol. The number of aryl methyl sites for hydroxylation is 1. The smallest absolute Gasteiger partial charge is 0.435 e. The first-order valence-corrected chi connectivity index (χ1v) is 11.7. The van der Waals surface area contributed by atoms with E-state index in [4.69, 9.17) is 30.5 Å². The number of ether oxygens (including phenoxy) is 4. The Bertz CT molecular complexity index is 1030. The van der Waals surface area contributed by atoms with Gasteiger partial charge in [0.05, 0.1) is 13.2 Å². The lowest BCUT2D eigenvalue weighted by molar-refractivity contribution is -0.329. The van der Waals surface area contributed by atoms with Gasteiger partial charge in [0.25, 0.3) is 0 Å². The molecule has 2 aromatic carbocycles. The molecule has 9 heteroatoms. The van der Waals surface area contributed by atoms with E-state index < -0.39 is 42.5 Å². The van der Waals surface area contributed by atoms with Gasteiger partial charge < -0.3 is 34.3 Å². The number of fused-ring (bicyclic) bond motifs is 2. The van der Waals surface area contributed by atoms with Gasteiger partial charge in [-0.3, -0.25) is 0 Å². The number of halogens is 1. The first kappa shape index (κ1) is 24.9. The fourth-order valence-electron chi connectivity index (χ4n) is 4.44. The quantitative estimate of drug-likeness (QED) is 0.505. The summed E-state index contributed by atoms with van der Waals surface area (Å²) in [5.74, 6) is -1.78. The minimum atomic E-state index is -1.78. The lowest BCUT2D eigenvalue weighted by Gasteiger charge is -2.46. The standard InChI is InChI=1S/C25H29ClO8/c1-3-15-5-7-16(8-6-15)11-17-12-18(9-10-19(17)26)25-22(29)20(27)21(28)24(34-25,14-33-25)13-32-23(30)31-4-2/h5-10,12,20-22,27-29H,3-4,11,13-14H2,1-2H3. The Labute approximate surface area is 203 Å². The van der Waals surface area contributed by atoms with Crippen molar-refractivity contribution >= 4 is 17.8 Å². The number of aliphatic hydroxyl groups excluding tert-OH is 3. The Morgan fingerprint density at radius 3 is 2.44 bits per heavy atom. The summed E-state index contributed by atoms with van der Waals surface area (Å²) in [7, 11) is 0. The number of hydrogen-bond acceptors (Lipinski definition) is 8. The van der Waals surface area contributed by atoms with Crippen LogP contribution in [0.1, 0.15) is 36.1 Å². The predicted molar refractivity (Wildman–Crippen MR) is 123 cm³/mol. The molecule has 8 nitrogen and oxygen atoms in total. The zero-order valence-electron chi connectivity index (χ0n) is 19.1. The van der Waals surface area contributed by atoms with Crippen LogP contribution in [0.5, 0.6) is 0 Å². The molecule has 34 heavy (non-hydrogen) atoms. The van der Waals surface area contributed by atoms with Gasteiger partial charge in [0.15, 0.2) is 5.60 Å². The van der Waals surface area contributed by atoms with Crippen molar-refractivity contribution in [2.24, 2.45) is 0 Å². The normalized spacial score (nSPS) is 30.2. The summed E-state index contributed by atoms with van der Waals surface area (Å²) >= 11 is 6.47. The highest BCUT2D eigenvalue weighted by Crippen LogP contribution is 2.50. The molecule has 184 valence electrons. The highest BCUT2D eigenvalue weighted by atomic mass is 35.5. The SMILES string of the molecule is CCOC(=O)OCC12COC(c3ccc(Cl)c(Cc4ccc(CC)cc4)c3)(O1)C(O)C(O)C2O. The van der Waals surface area contributed by atoms with Gasteiger partial charge in [-0.25, -0.2) is 4.79 Å².